The highest BCUT2D eigenvalue weighted by Gasteiger charge is 2.19. The molecule has 0 unspecified atom stereocenters. The summed E-state index contributed by atoms with van der Waals surface area (Å²) in [4.78, 5) is 23.3. The lowest BCUT2D eigenvalue weighted by Crippen LogP contribution is -2.24. The molecule has 0 aliphatic rings. The topological polar surface area (TPSA) is 61.8 Å². The molecule has 0 bridgehead atoms. The molecule has 0 saturated carbocycles. The smallest absolute Gasteiger partial charge is 0.338 e. The van der Waals surface area contributed by atoms with Crippen LogP contribution in [0.3, 0.4) is 0 Å². The van der Waals surface area contributed by atoms with E-state index < -0.39 is 11.6 Å². The van der Waals surface area contributed by atoms with E-state index in [0.29, 0.717) is 28.3 Å². The SMILES string of the molecule is COC(=O)c1cc(Cl)c(CCC(=O)OC(C)(C)C)c(OC)c1. The van der Waals surface area contributed by atoms with E-state index in [-0.39, 0.29) is 12.4 Å². The highest BCUT2D eigenvalue weighted by molar-refractivity contribution is 6.32. The summed E-state index contributed by atoms with van der Waals surface area (Å²) in [6.45, 7) is 5.43. The van der Waals surface area contributed by atoms with Gasteiger partial charge in [-0.25, -0.2) is 4.79 Å². The minimum Gasteiger partial charge on any atom is -0.496 e. The van der Waals surface area contributed by atoms with Crippen molar-refractivity contribution in [2.75, 3.05) is 14.2 Å². The second kappa shape index (κ2) is 7.49. The lowest BCUT2D eigenvalue weighted by atomic mass is 10.1. The van der Waals surface area contributed by atoms with Crippen molar-refractivity contribution < 1.29 is 23.8 Å². The van der Waals surface area contributed by atoms with Crippen LogP contribution < -0.4 is 4.74 Å². The predicted molar refractivity (Wildman–Crippen MR) is 83.5 cm³/mol. The second-order valence-electron chi connectivity index (χ2n) is 5.72. The molecule has 6 heteroatoms. The standard InChI is InChI=1S/C16H21ClO5/c1-16(2,3)22-14(18)7-6-11-12(17)8-10(15(19)21-5)9-13(11)20-4/h8-9H,6-7H2,1-5H3. The van der Waals surface area contributed by atoms with Gasteiger partial charge < -0.3 is 14.2 Å². The fourth-order valence-electron chi connectivity index (χ4n) is 1.89. The maximum Gasteiger partial charge on any atom is 0.338 e. The molecule has 0 aromatic heterocycles. The highest BCUT2D eigenvalue weighted by atomic mass is 35.5. The first-order chi connectivity index (χ1) is 10.2. The van der Waals surface area contributed by atoms with Gasteiger partial charge in [-0.2, -0.15) is 0 Å². The van der Waals surface area contributed by atoms with Crippen molar-refractivity contribution in [3.05, 3.63) is 28.3 Å². The maximum absolute atomic E-state index is 11.8. The first kappa shape index (κ1) is 18.3. The van der Waals surface area contributed by atoms with Crippen molar-refractivity contribution in [1.29, 1.82) is 0 Å². The van der Waals surface area contributed by atoms with E-state index in [0.717, 1.165) is 0 Å². The summed E-state index contributed by atoms with van der Waals surface area (Å²) in [6.07, 6.45) is 0.531. The largest absolute Gasteiger partial charge is 0.496 e. The number of hydrogen-bond acceptors (Lipinski definition) is 5. The van der Waals surface area contributed by atoms with Gasteiger partial charge in [-0.1, -0.05) is 11.6 Å². The Morgan fingerprint density at radius 3 is 2.32 bits per heavy atom. The molecular weight excluding hydrogens is 308 g/mol. The molecule has 0 aliphatic heterocycles. The molecule has 22 heavy (non-hydrogen) atoms. The van der Waals surface area contributed by atoms with Crippen LogP contribution in [0, 0.1) is 0 Å². The predicted octanol–water partition coefficient (Wildman–Crippen LogP) is 3.41. The monoisotopic (exact) mass is 328 g/mol. The zero-order valence-corrected chi connectivity index (χ0v) is 14.2. The number of benzene rings is 1. The summed E-state index contributed by atoms with van der Waals surface area (Å²) in [5, 5.41) is 0.350. The quantitative estimate of drug-likeness (QED) is 0.775. The van der Waals surface area contributed by atoms with Crippen LogP contribution in [0.5, 0.6) is 5.75 Å². The molecule has 0 atom stereocenters. The number of halogens is 1. The molecule has 5 nitrogen and oxygen atoms in total. The Bertz CT molecular complexity index is 560. The van der Waals surface area contributed by atoms with E-state index in [1.165, 1.54) is 20.3 Å². The van der Waals surface area contributed by atoms with Crippen molar-refractivity contribution in [2.24, 2.45) is 0 Å². The minimum absolute atomic E-state index is 0.172. The summed E-state index contributed by atoms with van der Waals surface area (Å²) in [7, 11) is 2.77. The zero-order valence-electron chi connectivity index (χ0n) is 13.5. The average Bonchev–Trinajstić information content (AvgIpc) is 2.42. The van der Waals surface area contributed by atoms with Crippen LogP contribution in [0.1, 0.15) is 43.1 Å². The van der Waals surface area contributed by atoms with E-state index in [4.69, 9.17) is 21.1 Å². The van der Waals surface area contributed by atoms with E-state index >= 15 is 0 Å². The van der Waals surface area contributed by atoms with Crippen molar-refractivity contribution in [1.82, 2.24) is 0 Å². The second-order valence-corrected chi connectivity index (χ2v) is 6.12. The van der Waals surface area contributed by atoms with Gasteiger partial charge in [-0.05, 0) is 39.3 Å². The van der Waals surface area contributed by atoms with Crippen molar-refractivity contribution in [3.63, 3.8) is 0 Å². The minimum atomic E-state index is -0.528. The van der Waals surface area contributed by atoms with Gasteiger partial charge in [-0.3, -0.25) is 4.79 Å². The van der Waals surface area contributed by atoms with Crippen molar-refractivity contribution in [3.8, 4) is 5.75 Å². The third-order valence-electron chi connectivity index (χ3n) is 2.79. The van der Waals surface area contributed by atoms with Crippen LogP contribution in [0.15, 0.2) is 12.1 Å². The molecule has 0 N–H and O–H groups in total. The summed E-state index contributed by atoms with van der Waals surface area (Å²) in [5.74, 6) is -0.377. The summed E-state index contributed by atoms with van der Waals surface area (Å²) in [6, 6.07) is 3.04. The van der Waals surface area contributed by atoms with Crippen LogP contribution in [0.25, 0.3) is 0 Å². The summed E-state index contributed by atoms with van der Waals surface area (Å²) in [5.41, 5.74) is 0.424. The number of rotatable bonds is 5. The zero-order chi connectivity index (χ0) is 16.9. The van der Waals surface area contributed by atoms with Gasteiger partial charge in [-0.15, -0.1) is 0 Å². The van der Waals surface area contributed by atoms with Gasteiger partial charge in [0.2, 0.25) is 0 Å². The maximum atomic E-state index is 11.8. The number of carbonyl (C=O) groups is 2. The van der Waals surface area contributed by atoms with Gasteiger partial charge in [0, 0.05) is 17.0 Å². The molecule has 0 spiro atoms. The Morgan fingerprint density at radius 2 is 1.82 bits per heavy atom. The van der Waals surface area contributed by atoms with Gasteiger partial charge in [0.1, 0.15) is 11.4 Å². The fraction of sp³-hybridized carbons (Fsp3) is 0.500. The third-order valence-corrected chi connectivity index (χ3v) is 3.13. The van der Waals surface area contributed by atoms with Crippen LogP contribution >= 0.6 is 11.6 Å². The summed E-state index contributed by atoms with van der Waals surface area (Å²) >= 11 is 6.19. The van der Waals surface area contributed by atoms with Crippen LogP contribution in [0.2, 0.25) is 5.02 Å². The van der Waals surface area contributed by atoms with Crippen molar-refractivity contribution in [2.45, 2.75) is 39.2 Å². The fourth-order valence-corrected chi connectivity index (χ4v) is 2.20. The number of hydrogen-bond donors (Lipinski definition) is 0. The van der Waals surface area contributed by atoms with Gasteiger partial charge in [0.15, 0.2) is 0 Å². The number of carbonyl (C=O) groups excluding carboxylic acids is 2. The Morgan fingerprint density at radius 1 is 1.18 bits per heavy atom. The first-order valence-corrected chi connectivity index (χ1v) is 7.22. The molecule has 0 saturated heterocycles. The number of esters is 2. The lowest BCUT2D eigenvalue weighted by Gasteiger charge is -2.19. The molecule has 0 fully saturated rings. The molecule has 0 amide bonds. The molecule has 1 aromatic rings. The van der Waals surface area contributed by atoms with Crippen LogP contribution in [-0.4, -0.2) is 31.8 Å². The molecule has 0 aliphatic carbocycles. The van der Waals surface area contributed by atoms with Crippen LogP contribution in [0.4, 0.5) is 0 Å². The van der Waals surface area contributed by atoms with E-state index in [2.05, 4.69) is 4.74 Å². The normalized spacial score (nSPS) is 11.0. The number of methoxy groups -OCH3 is 2. The molecule has 1 rings (SSSR count). The summed E-state index contributed by atoms with van der Waals surface area (Å²) < 4.78 is 15.2. The van der Waals surface area contributed by atoms with E-state index in [1.54, 1.807) is 6.07 Å². The average molecular weight is 329 g/mol. The van der Waals surface area contributed by atoms with E-state index in [1.807, 2.05) is 20.8 Å². The van der Waals surface area contributed by atoms with E-state index in [9.17, 15) is 9.59 Å². The molecule has 0 radical (unpaired) electrons. The van der Waals surface area contributed by atoms with Gasteiger partial charge in [0.25, 0.3) is 0 Å². The molecular formula is C16H21ClO5. The third kappa shape index (κ3) is 5.22. The van der Waals surface area contributed by atoms with Crippen molar-refractivity contribution >= 4 is 23.5 Å². The van der Waals surface area contributed by atoms with Gasteiger partial charge >= 0.3 is 11.9 Å². The number of ether oxygens (including phenoxy) is 3. The highest BCUT2D eigenvalue weighted by Crippen LogP contribution is 2.30. The molecule has 122 valence electrons. The van der Waals surface area contributed by atoms with Crippen LogP contribution in [-0.2, 0) is 20.7 Å². The Hall–Kier alpha value is -1.75. The Kier molecular flexibility index (Phi) is 6.23. The molecule has 1 aromatic carbocycles. The van der Waals surface area contributed by atoms with Gasteiger partial charge in [0.05, 0.1) is 19.8 Å². The first-order valence-electron chi connectivity index (χ1n) is 6.84. The lowest BCUT2D eigenvalue weighted by molar-refractivity contribution is -0.154. The molecule has 0 heterocycles. The Labute approximate surface area is 135 Å². The Balaban J connectivity index is 2.91.